The molecule has 0 aliphatic heterocycles. The minimum atomic E-state index is -0.826. The third-order valence-corrected chi connectivity index (χ3v) is 3.68. The van der Waals surface area contributed by atoms with E-state index in [-0.39, 0.29) is 17.1 Å². The van der Waals surface area contributed by atoms with Gasteiger partial charge in [-0.05, 0) is 37.1 Å². The van der Waals surface area contributed by atoms with Crippen molar-refractivity contribution in [1.29, 1.82) is 0 Å². The molecule has 1 aromatic heterocycles. The van der Waals surface area contributed by atoms with Gasteiger partial charge in [0.15, 0.2) is 6.61 Å². The Hall–Kier alpha value is -3.00. The van der Waals surface area contributed by atoms with E-state index in [0.717, 1.165) is 5.56 Å². The Bertz CT molecular complexity index is 854. The van der Waals surface area contributed by atoms with Gasteiger partial charge in [0, 0.05) is 17.3 Å². The molecule has 0 saturated heterocycles. The largest absolute Gasteiger partial charge is 0.451 e. The molecule has 0 aliphatic rings. The van der Waals surface area contributed by atoms with Crippen molar-refractivity contribution in [3.05, 3.63) is 62.4 Å². The fourth-order valence-electron chi connectivity index (χ4n) is 2.01. The third kappa shape index (κ3) is 4.51. The number of aromatic nitrogens is 1. The van der Waals surface area contributed by atoms with Gasteiger partial charge in [-0.15, -0.1) is 0 Å². The fraction of sp³-hybridized carbons (Fsp3) is 0.188. The number of anilines is 1. The number of benzene rings is 1. The number of nitrogens with zero attached hydrogens (tertiary/aromatic N) is 2. The number of nitro groups is 1. The monoisotopic (exact) mass is 363 g/mol. The molecular weight excluding hydrogens is 350 g/mol. The summed E-state index contributed by atoms with van der Waals surface area (Å²) >= 11 is 5.75. The lowest BCUT2D eigenvalue weighted by Crippen LogP contribution is -2.22. The average Bonchev–Trinajstić information content (AvgIpc) is 2.56. The Morgan fingerprint density at radius 3 is 2.68 bits per heavy atom. The van der Waals surface area contributed by atoms with E-state index < -0.39 is 23.4 Å². The van der Waals surface area contributed by atoms with Crippen LogP contribution in [0.4, 0.5) is 11.4 Å². The van der Waals surface area contributed by atoms with Crippen molar-refractivity contribution in [3.63, 3.8) is 0 Å². The van der Waals surface area contributed by atoms with Gasteiger partial charge in [-0.25, -0.2) is 9.78 Å². The normalized spacial score (nSPS) is 10.2. The number of hydrogen-bond donors (Lipinski definition) is 1. The Kier molecular flexibility index (Phi) is 5.66. The topological polar surface area (TPSA) is 111 Å². The molecule has 9 heteroatoms. The molecule has 0 aliphatic carbocycles. The number of pyridine rings is 1. The third-order valence-electron chi connectivity index (χ3n) is 3.44. The van der Waals surface area contributed by atoms with Crippen molar-refractivity contribution in [2.75, 3.05) is 11.9 Å². The van der Waals surface area contributed by atoms with Crippen LogP contribution in [0.25, 0.3) is 0 Å². The number of carbonyl (C=O) groups is 2. The number of hydrogen-bond acceptors (Lipinski definition) is 6. The zero-order valence-electron chi connectivity index (χ0n) is 13.4. The summed E-state index contributed by atoms with van der Waals surface area (Å²) in [4.78, 5) is 38.1. The first-order valence-corrected chi connectivity index (χ1v) is 7.50. The standard InChI is InChI=1S/C16H14ClN3O5/c1-9-3-4-13(20(23)24)15(10(9)2)19-14(21)8-25-16(22)12-7-11(17)5-6-18-12/h3-7H,8H2,1-2H3,(H,19,21). The Balaban J connectivity index is 2.07. The van der Waals surface area contributed by atoms with Crippen LogP contribution in [-0.2, 0) is 9.53 Å². The van der Waals surface area contributed by atoms with Crippen molar-refractivity contribution in [2.45, 2.75) is 13.8 Å². The van der Waals surface area contributed by atoms with Gasteiger partial charge in [0.25, 0.3) is 11.6 Å². The summed E-state index contributed by atoms with van der Waals surface area (Å²) in [5, 5.41) is 13.8. The van der Waals surface area contributed by atoms with Crippen molar-refractivity contribution in [1.82, 2.24) is 4.98 Å². The molecule has 0 spiro atoms. The van der Waals surface area contributed by atoms with Gasteiger partial charge < -0.3 is 10.1 Å². The van der Waals surface area contributed by atoms with Gasteiger partial charge in [-0.3, -0.25) is 14.9 Å². The number of aryl methyl sites for hydroxylation is 1. The van der Waals surface area contributed by atoms with E-state index in [1.807, 2.05) is 0 Å². The van der Waals surface area contributed by atoms with Crippen LogP contribution < -0.4 is 5.32 Å². The van der Waals surface area contributed by atoms with Crippen molar-refractivity contribution >= 4 is 34.9 Å². The summed E-state index contributed by atoms with van der Waals surface area (Å²) in [6.45, 7) is 2.80. The van der Waals surface area contributed by atoms with Gasteiger partial charge in [-0.2, -0.15) is 0 Å². The number of amides is 1. The SMILES string of the molecule is Cc1ccc([N+](=O)[O-])c(NC(=O)COC(=O)c2cc(Cl)ccn2)c1C. The smallest absolute Gasteiger partial charge is 0.357 e. The summed E-state index contributed by atoms with van der Waals surface area (Å²) in [6, 6.07) is 5.69. The molecule has 0 unspecified atom stereocenters. The molecule has 0 atom stereocenters. The summed E-state index contributed by atoms with van der Waals surface area (Å²) in [7, 11) is 0. The molecule has 0 radical (unpaired) electrons. The van der Waals surface area contributed by atoms with Gasteiger partial charge in [0.2, 0.25) is 0 Å². The molecule has 1 aromatic carbocycles. The number of nitro benzene ring substituents is 1. The summed E-state index contributed by atoms with van der Waals surface area (Å²) in [5.74, 6) is -1.53. The lowest BCUT2D eigenvalue weighted by Gasteiger charge is -2.11. The molecule has 0 bridgehead atoms. The van der Waals surface area contributed by atoms with Crippen LogP contribution in [0.1, 0.15) is 21.6 Å². The maximum absolute atomic E-state index is 12.0. The van der Waals surface area contributed by atoms with Crippen LogP contribution in [0, 0.1) is 24.0 Å². The maximum Gasteiger partial charge on any atom is 0.357 e. The number of ether oxygens (including phenoxy) is 1. The van der Waals surface area contributed by atoms with Gasteiger partial charge >= 0.3 is 5.97 Å². The molecule has 8 nitrogen and oxygen atoms in total. The van der Waals surface area contributed by atoms with E-state index in [2.05, 4.69) is 10.3 Å². The van der Waals surface area contributed by atoms with E-state index in [9.17, 15) is 19.7 Å². The Morgan fingerprint density at radius 1 is 1.32 bits per heavy atom. The molecule has 1 amide bonds. The van der Waals surface area contributed by atoms with E-state index >= 15 is 0 Å². The molecule has 130 valence electrons. The second-order valence-corrected chi connectivity index (χ2v) is 5.58. The van der Waals surface area contributed by atoms with Crippen LogP contribution in [0.5, 0.6) is 0 Å². The fourth-order valence-corrected chi connectivity index (χ4v) is 2.17. The van der Waals surface area contributed by atoms with Crippen LogP contribution >= 0.6 is 11.6 Å². The maximum atomic E-state index is 12.0. The first kappa shape index (κ1) is 18.3. The second kappa shape index (κ2) is 7.71. The Morgan fingerprint density at radius 2 is 2.04 bits per heavy atom. The second-order valence-electron chi connectivity index (χ2n) is 5.14. The highest BCUT2D eigenvalue weighted by Crippen LogP contribution is 2.30. The van der Waals surface area contributed by atoms with Crippen molar-refractivity contribution in [2.24, 2.45) is 0 Å². The summed E-state index contributed by atoms with van der Waals surface area (Å²) in [5.41, 5.74) is 1.13. The summed E-state index contributed by atoms with van der Waals surface area (Å²) in [6.07, 6.45) is 1.33. The van der Waals surface area contributed by atoms with E-state index in [0.29, 0.717) is 10.6 Å². The molecule has 0 fully saturated rings. The highest BCUT2D eigenvalue weighted by molar-refractivity contribution is 6.30. The zero-order valence-corrected chi connectivity index (χ0v) is 14.2. The van der Waals surface area contributed by atoms with Crippen LogP contribution in [0.2, 0.25) is 5.02 Å². The van der Waals surface area contributed by atoms with E-state index in [1.54, 1.807) is 19.9 Å². The molecule has 0 saturated carbocycles. The highest BCUT2D eigenvalue weighted by atomic mass is 35.5. The first-order valence-electron chi connectivity index (χ1n) is 7.12. The van der Waals surface area contributed by atoms with E-state index in [1.165, 1.54) is 24.4 Å². The number of esters is 1. The van der Waals surface area contributed by atoms with Crippen LogP contribution in [-0.4, -0.2) is 28.4 Å². The minimum Gasteiger partial charge on any atom is -0.451 e. The quantitative estimate of drug-likeness (QED) is 0.496. The van der Waals surface area contributed by atoms with Gasteiger partial charge in [0.05, 0.1) is 4.92 Å². The zero-order chi connectivity index (χ0) is 18.6. The number of carbonyl (C=O) groups excluding carboxylic acids is 2. The van der Waals surface area contributed by atoms with E-state index in [4.69, 9.17) is 16.3 Å². The lowest BCUT2D eigenvalue weighted by molar-refractivity contribution is -0.384. The molecule has 1 N–H and O–H groups in total. The first-order chi connectivity index (χ1) is 11.8. The minimum absolute atomic E-state index is 0.0435. The number of rotatable bonds is 5. The van der Waals surface area contributed by atoms with Gasteiger partial charge in [0.1, 0.15) is 11.4 Å². The Labute approximate surface area is 147 Å². The highest BCUT2D eigenvalue weighted by Gasteiger charge is 2.20. The van der Waals surface area contributed by atoms with Crippen molar-refractivity contribution in [3.8, 4) is 0 Å². The lowest BCUT2D eigenvalue weighted by atomic mass is 10.1. The van der Waals surface area contributed by atoms with Crippen LogP contribution in [0.15, 0.2) is 30.5 Å². The van der Waals surface area contributed by atoms with Gasteiger partial charge in [-0.1, -0.05) is 17.7 Å². The predicted molar refractivity (Wildman–Crippen MR) is 90.7 cm³/mol. The molecule has 25 heavy (non-hydrogen) atoms. The number of nitrogens with one attached hydrogen (secondary N) is 1. The molecule has 2 aromatic rings. The molecule has 2 rings (SSSR count). The van der Waals surface area contributed by atoms with Crippen LogP contribution in [0.3, 0.4) is 0 Å². The molecular formula is C16H14ClN3O5. The van der Waals surface area contributed by atoms with Crippen molar-refractivity contribution < 1.29 is 19.2 Å². The predicted octanol–water partition coefficient (Wildman–Crippen LogP) is 3.06. The number of halogens is 1. The average molecular weight is 364 g/mol. The summed E-state index contributed by atoms with van der Waals surface area (Å²) < 4.78 is 4.85. The molecule has 1 heterocycles.